The standard InChI is InChI=1S/C12H19BrF3NO/c1-11(5-3-2-4-6-11)10(18)17(8-7-13)9-12(14,15)16/h2-9H2,1H3. The van der Waals surface area contributed by atoms with Gasteiger partial charge in [0.05, 0.1) is 0 Å². The highest BCUT2D eigenvalue weighted by Gasteiger charge is 2.41. The second-order valence-electron chi connectivity index (χ2n) is 5.15. The van der Waals surface area contributed by atoms with Gasteiger partial charge in [0.15, 0.2) is 0 Å². The molecule has 0 aromatic carbocycles. The topological polar surface area (TPSA) is 20.3 Å². The molecule has 0 aromatic rings. The maximum absolute atomic E-state index is 12.5. The first kappa shape index (κ1) is 15.8. The first-order chi connectivity index (χ1) is 8.28. The van der Waals surface area contributed by atoms with E-state index in [4.69, 9.17) is 0 Å². The van der Waals surface area contributed by atoms with Crippen molar-refractivity contribution in [2.45, 2.75) is 45.2 Å². The Morgan fingerprint density at radius 1 is 1.28 bits per heavy atom. The summed E-state index contributed by atoms with van der Waals surface area (Å²) in [6, 6.07) is 0. The molecule has 0 radical (unpaired) electrons. The molecule has 0 spiro atoms. The van der Waals surface area contributed by atoms with Crippen molar-refractivity contribution >= 4 is 21.8 Å². The minimum atomic E-state index is -4.33. The van der Waals surface area contributed by atoms with Crippen molar-refractivity contribution in [3.63, 3.8) is 0 Å². The minimum absolute atomic E-state index is 0.105. The van der Waals surface area contributed by atoms with E-state index in [1.54, 1.807) is 6.92 Å². The molecule has 6 heteroatoms. The molecule has 0 saturated heterocycles. The molecule has 0 heterocycles. The first-order valence-corrected chi connectivity index (χ1v) is 7.33. The predicted molar refractivity (Wildman–Crippen MR) is 67.6 cm³/mol. The average Bonchev–Trinajstić information content (AvgIpc) is 2.27. The van der Waals surface area contributed by atoms with E-state index in [-0.39, 0.29) is 12.5 Å². The van der Waals surface area contributed by atoms with Crippen LogP contribution in [0.25, 0.3) is 0 Å². The minimum Gasteiger partial charge on any atom is -0.332 e. The Morgan fingerprint density at radius 3 is 2.28 bits per heavy atom. The fourth-order valence-electron chi connectivity index (χ4n) is 2.50. The number of halogens is 4. The number of alkyl halides is 4. The van der Waals surface area contributed by atoms with Crippen molar-refractivity contribution in [3.05, 3.63) is 0 Å². The van der Waals surface area contributed by atoms with E-state index in [1.165, 1.54) is 0 Å². The predicted octanol–water partition coefficient (Wildman–Crippen LogP) is 3.74. The van der Waals surface area contributed by atoms with Crippen molar-refractivity contribution in [1.29, 1.82) is 0 Å². The number of rotatable bonds is 4. The molecule has 0 N–H and O–H groups in total. The van der Waals surface area contributed by atoms with Crippen molar-refractivity contribution in [2.75, 3.05) is 18.4 Å². The SMILES string of the molecule is CC1(C(=O)N(CCBr)CC(F)(F)F)CCCCC1. The summed E-state index contributed by atoms with van der Waals surface area (Å²) in [6.45, 7) is 0.757. The Labute approximate surface area is 114 Å². The Morgan fingerprint density at radius 2 is 1.83 bits per heavy atom. The normalized spacial score (nSPS) is 19.6. The first-order valence-electron chi connectivity index (χ1n) is 6.21. The van der Waals surface area contributed by atoms with Crippen LogP contribution in [0.1, 0.15) is 39.0 Å². The molecular weight excluding hydrogens is 311 g/mol. The Kier molecular flexibility index (Phi) is 5.49. The van der Waals surface area contributed by atoms with Gasteiger partial charge in [0.25, 0.3) is 0 Å². The number of hydrogen-bond donors (Lipinski definition) is 0. The molecule has 1 fully saturated rings. The molecule has 1 aliphatic carbocycles. The van der Waals surface area contributed by atoms with Gasteiger partial charge in [-0.25, -0.2) is 0 Å². The lowest BCUT2D eigenvalue weighted by atomic mass is 9.74. The smallest absolute Gasteiger partial charge is 0.332 e. The van der Waals surface area contributed by atoms with Crippen molar-refractivity contribution in [2.24, 2.45) is 5.41 Å². The summed E-state index contributed by atoms with van der Waals surface area (Å²) in [5, 5.41) is 0.366. The number of carbonyl (C=O) groups excluding carboxylic acids is 1. The van der Waals surface area contributed by atoms with E-state index < -0.39 is 18.1 Å². The van der Waals surface area contributed by atoms with Gasteiger partial charge in [-0.1, -0.05) is 42.1 Å². The van der Waals surface area contributed by atoms with Gasteiger partial charge in [-0.15, -0.1) is 0 Å². The Bertz CT molecular complexity index is 288. The zero-order valence-corrected chi connectivity index (χ0v) is 12.1. The Hall–Kier alpha value is -0.260. The van der Waals surface area contributed by atoms with E-state index in [1.807, 2.05) is 0 Å². The molecule has 18 heavy (non-hydrogen) atoms. The average molecular weight is 330 g/mol. The molecule has 0 atom stereocenters. The fourth-order valence-corrected chi connectivity index (χ4v) is 2.93. The third kappa shape index (κ3) is 4.44. The van der Waals surface area contributed by atoms with Crippen molar-refractivity contribution in [3.8, 4) is 0 Å². The summed E-state index contributed by atoms with van der Waals surface area (Å²) in [6.07, 6.45) is -0.0127. The monoisotopic (exact) mass is 329 g/mol. The molecule has 1 amide bonds. The molecule has 1 saturated carbocycles. The van der Waals surface area contributed by atoms with Crippen LogP contribution in [0.2, 0.25) is 0 Å². The molecule has 2 nitrogen and oxygen atoms in total. The maximum Gasteiger partial charge on any atom is 0.406 e. The van der Waals surface area contributed by atoms with E-state index in [9.17, 15) is 18.0 Å². The zero-order chi connectivity index (χ0) is 13.8. The van der Waals surface area contributed by atoms with Crippen LogP contribution in [0.15, 0.2) is 0 Å². The molecule has 1 aliphatic rings. The second-order valence-corrected chi connectivity index (χ2v) is 5.95. The molecular formula is C12H19BrF3NO. The molecule has 106 valence electrons. The summed E-state index contributed by atoms with van der Waals surface area (Å²) in [5.41, 5.74) is -0.605. The van der Waals surface area contributed by atoms with Crippen molar-refractivity contribution < 1.29 is 18.0 Å². The van der Waals surface area contributed by atoms with Crippen molar-refractivity contribution in [1.82, 2.24) is 4.90 Å². The molecule has 0 bridgehead atoms. The third-order valence-corrected chi connectivity index (χ3v) is 3.84. The van der Waals surface area contributed by atoms with Crippen LogP contribution in [-0.4, -0.2) is 35.4 Å². The van der Waals surface area contributed by atoms with Gasteiger partial charge in [0.1, 0.15) is 6.54 Å². The van der Waals surface area contributed by atoms with Crippen LogP contribution in [0.4, 0.5) is 13.2 Å². The Balaban J connectivity index is 2.74. The second kappa shape index (κ2) is 6.26. The van der Waals surface area contributed by atoms with Crippen LogP contribution >= 0.6 is 15.9 Å². The van der Waals surface area contributed by atoms with Gasteiger partial charge < -0.3 is 4.90 Å². The number of amides is 1. The van der Waals surface area contributed by atoms with E-state index in [2.05, 4.69) is 15.9 Å². The summed E-state index contributed by atoms with van der Waals surface area (Å²) >= 11 is 3.11. The van der Waals surface area contributed by atoms with Gasteiger partial charge in [0.2, 0.25) is 5.91 Å². The lowest BCUT2D eigenvalue weighted by Gasteiger charge is -2.37. The summed E-state index contributed by atoms with van der Waals surface area (Å²) in [4.78, 5) is 13.2. The molecule has 1 rings (SSSR count). The highest BCUT2D eigenvalue weighted by atomic mass is 79.9. The van der Waals surface area contributed by atoms with Crippen LogP contribution in [-0.2, 0) is 4.79 Å². The van der Waals surface area contributed by atoms with Gasteiger partial charge in [-0.3, -0.25) is 4.79 Å². The molecule has 0 aliphatic heterocycles. The van der Waals surface area contributed by atoms with Crippen LogP contribution in [0.3, 0.4) is 0 Å². The lowest BCUT2D eigenvalue weighted by Crippen LogP contribution is -2.47. The molecule has 0 aromatic heterocycles. The van der Waals surface area contributed by atoms with E-state index in [0.717, 1.165) is 24.2 Å². The quantitative estimate of drug-likeness (QED) is 0.719. The number of nitrogens with zero attached hydrogens (tertiary/aromatic N) is 1. The largest absolute Gasteiger partial charge is 0.406 e. The summed E-state index contributed by atoms with van der Waals surface area (Å²) < 4.78 is 37.4. The number of hydrogen-bond acceptors (Lipinski definition) is 1. The third-order valence-electron chi connectivity index (χ3n) is 3.49. The molecule has 0 unspecified atom stereocenters. The van der Waals surface area contributed by atoms with E-state index >= 15 is 0 Å². The van der Waals surface area contributed by atoms with Crippen LogP contribution in [0, 0.1) is 5.41 Å². The van der Waals surface area contributed by atoms with E-state index in [0.29, 0.717) is 18.2 Å². The maximum atomic E-state index is 12.5. The van der Waals surface area contributed by atoms with Gasteiger partial charge in [-0.2, -0.15) is 13.2 Å². The van der Waals surface area contributed by atoms with Gasteiger partial charge in [0, 0.05) is 17.3 Å². The lowest BCUT2D eigenvalue weighted by molar-refractivity contribution is -0.167. The van der Waals surface area contributed by atoms with Crippen LogP contribution in [0.5, 0.6) is 0 Å². The highest BCUT2D eigenvalue weighted by molar-refractivity contribution is 9.09. The zero-order valence-electron chi connectivity index (χ0n) is 10.5. The summed E-state index contributed by atoms with van der Waals surface area (Å²) in [7, 11) is 0. The van der Waals surface area contributed by atoms with Gasteiger partial charge >= 0.3 is 6.18 Å². The van der Waals surface area contributed by atoms with Gasteiger partial charge in [-0.05, 0) is 12.8 Å². The summed E-state index contributed by atoms with van der Waals surface area (Å²) in [5.74, 6) is -0.348. The van der Waals surface area contributed by atoms with Crippen LogP contribution < -0.4 is 0 Å². The highest BCUT2D eigenvalue weighted by Crippen LogP contribution is 2.38. The fraction of sp³-hybridized carbons (Fsp3) is 0.917. The number of carbonyl (C=O) groups is 1.